The van der Waals surface area contributed by atoms with Crippen molar-refractivity contribution >= 4 is 11.7 Å². The molecule has 112 valence electrons. The summed E-state index contributed by atoms with van der Waals surface area (Å²) in [5.41, 5.74) is 1.87. The number of nitrogens with zero attached hydrogens (tertiary/aromatic N) is 2. The normalized spacial score (nSPS) is 12.0. The molecule has 0 aliphatic heterocycles. The Bertz CT molecular complexity index is 689. The fourth-order valence-corrected chi connectivity index (χ4v) is 2.02. The van der Waals surface area contributed by atoms with Gasteiger partial charge in [0, 0.05) is 31.4 Å². The standard InChI is InChI=1S/C14H19N5O2/c1-9(7-11-8-10(2)17-18-11)15-14(21)16-12-5-4-6-19(3)13(12)20/h4-6,8-9H,7H2,1-3H3,(H,17,18)(H2,15,16,21)/t9-/m0/s1. The number of hydrogen-bond acceptors (Lipinski definition) is 3. The lowest BCUT2D eigenvalue weighted by Crippen LogP contribution is -2.38. The average molecular weight is 289 g/mol. The number of anilines is 1. The summed E-state index contributed by atoms with van der Waals surface area (Å²) in [6, 6.07) is 4.71. The number of aryl methyl sites for hydroxylation is 2. The van der Waals surface area contributed by atoms with Crippen molar-refractivity contribution in [2.24, 2.45) is 7.05 Å². The van der Waals surface area contributed by atoms with Crippen LogP contribution < -0.4 is 16.2 Å². The van der Waals surface area contributed by atoms with Gasteiger partial charge in [-0.05, 0) is 32.0 Å². The maximum absolute atomic E-state index is 11.9. The largest absolute Gasteiger partial charge is 0.335 e. The molecule has 2 amide bonds. The quantitative estimate of drug-likeness (QED) is 0.789. The second-order valence-electron chi connectivity index (χ2n) is 5.08. The van der Waals surface area contributed by atoms with Crippen molar-refractivity contribution in [2.75, 3.05) is 5.32 Å². The van der Waals surface area contributed by atoms with E-state index in [0.717, 1.165) is 11.4 Å². The maximum atomic E-state index is 11.9. The lowest BCUT2D eigenvalue weighted by Gasteiger charge is -2.13. The highest BCUT2D eigenvalue weighted by atomic mass is 16.2. The van der Waals surface area contributed by atoms with Gasteiger partial charge < -0.3 is 15.2 Å². The number of hydrogen-bond donors (Lipinski definition) is 3. The number of carbonyl (C=O) groups is 1. The van der Waals surface area contributed by atoms with Crippen LogP contribution in [0.1, 0.15) is 18.3 Å². The van der Waals surface area contributed by atoms with E-state index in [0.29, 0.717) is 6.42 Å². The molecule has 0 saturated heterocycles. The van der Waals surface area contributed by atoms with Gasteiger partial charge in [0.1, 0.15) is 5.69 Å². The molecular formula is C14H19N5O2. The summed E-state index contributed by atoms with van der Waals surface area (Å²) in [5.74, 6) is 0. The Hall–Kier alpha value is -2.57. The fourth-order valence-electron chi connectivity index (χ4n) is 2.02. The number of carbonyl (C=O) groups excluding carboxylic acids is 1. The Morgan fingerprint density at radius 2 is 2.29 bits per heavy atom. The molecule has 3 N–H and O–H groups in total. The Morgan fingerprint density at radius 1 is 1.52 bits per heavy atom. The molecule has 2 heterocycles. The second kappa shape index (κ2) is 6.25. The Balaban J connectivity index is 1.92. The fraction of sp³-hybridized carbons (Fsp3) is 0.357. The predicted octanol–water partition coefficient (Wildman–Crippen LogP) is 1.17. The molecule has 21 heavy (non-hydrogen) atoms. The third kappa shape index (κ3) is 3.95. The topological polar surface area (TPSA) is 91.8 Å². The SMILES string of the molecule is Cc1cc(C[C@H](C)NC(=O)Nc2cccn(C)c2=O)n[nH]1. The van der Waals surface area contributed by atoms with Crippen molar-refractivity contribution in [1.82, 2.24) is 20.1 Å². The molecule has 2 aromatic heterocycles. The van der Waals surface area contributed by atoms with Crippen molar-refractivity contribution in [2.45, 2.75) is 26.3 Å². The third-order valence-corrected chi connectivity index (χ3v) is 3.02. The van der Waals surface area contributed by atoms with Gasteiger partial charge in [0.25, 0.3) is 5.56 Å². The van der Waals surface area contributed by atoms with Gasteiger partial charge in [0.15, 0.2) is 0 Å². The van der Waals surface area contributed by atoms with Crippen LogP contribution in [-0.2, 0) is 13.5 Å². The molecule has 0 bridgehead atoms. The zero-order chi connectivity index (χ0) is 15.4. The number of pyridine rings is 1. The minimum atomic E-state index is -0.405. The predicted molar refractivity (Wildman–Crippen MR) is 80.3 cm³/mol. The summed E-state index contributed by atoms with van der Waals surface area (Å²) in [6.45, 7) is 3.80. The first kappa shape index (κ1) is 14.8. The summed E-state index contributed by atoms with van der Waals surface area (Å²) in [5, 5.41) is 12.3. The van der Waals surface area contributed by atoms with E-state index >= 15 is 0 Å². The van der Waals surface area contributed by atoms with Gasteiger partial charge in [-0.15, -0.1) is 0 Å². The van der Waals surface area contributed by atoms with E-state index in [-0.39, 0.29) is 17.3 Å². The highest BCUT2D eigenvalue weighted by Crippen LogP contribution is 2.02. The van der Waals surface area contributed by atoms with Crippen LogP contribution in [0.4, 0.5) is 10.5 Å². The molecule has 0 radical (unpaired) electrons. The number of urea groups is 1. The average Bonchev–Trinajstić information content (AvgIpc) is 2.80. The van der Waals surface area contributed by atoms with Crippen LogP contribution in [-0.4, -0.2) is 26.8 Å². The van der Waals surface area contributed by atoms with Crippen molar-refractivity contribution in [3.63, 3.8) is 0 Å². The number of aromatic amines is 1. The molecule has 0 unspecified atom stereocenters. The summed E-state index contributed by atoms with van der Waals surface area (Å²) < 4.78 is 1.41. The minimum Gasteiger partial charge on any atom is -0.335 e. The summed E-state index contributed by atoms with van der Waals surface area (Å²) >= 11 is 0. The number of nitrogens with one attached hydrogen (secondary N) is 3. The molecule has 1 atom stereocenters. The minimum absolute atomic E-state index is 0.0970. The van der Waals surface area contributed by atoms with Crippen molar-refractivity contribution in [3.05, 3.63) is 46.1 Å². The van der Waals surface area contributed by atoms with Gasteiger partial charge in [0.2, 0.25) is 0 Å². The molecule has 0 aliphatic carbocycles. The zero-order valence-electron chi connectivity index (χ0n) is 12.3. The van der Waals surface area contributed by atoms with Crippen LogP contribution in [0.15, 0.2) is 29.2 Å². The molecular weight excluding hydrogens is 270 g/mol. The molecule has 0 aliphatic rings. The van der Waals surface area contributed by atoms with E-state index in [1.165, 1.54) is 4.57 Å². The monoisotopic (exact) mass is 289 g/mol. The zero-order valence-corrected chi connectivity index (χ0v) is 12.3. The Kier molecular flexibility index (Phi) is 4.42. The van der Waals surface area contributed by atoms with Gasteiger partial charge in [-0.1, -0.05) is 0 Å². The maximum Gasteiger partial charge on any atom is 0.319 e. The van der Waals surface area contributed by atoms with Crippen molar-refractivity contribution in [3.8, 4) is 0 Å². The Morgan fingerprint density at radius 3 is 2.95 bits per heavy atom. The first-order chi connectivity index (χ1) is 9.95. The van der Waals surface area contributed by atoms with Crippen molar-refractivity contribution < 1.29 is 4.79 Å². The summed E-state index contributed by atoms with van der Waals surface area (Å²) in [6.07, 6.45) is 2.25. The number of rotatable bonds is 4. The van der Waals surface area contributed by atoms with E-state index < -0.39 is 6.03 Å². The first-order valence-electron chi connectivity index (χ1n) is 6.70. The Labute approximate surface area is 122 Å². The molecule has 0 fully saturated rings. The molecule has 2 aromatic rings. The summed E-state index contributed by atoms with van der Waals surface area (Å²) in [4.78, 5) is 23.7. The molecule has 0 saturated carbocycles. The highest BCUT2D eigenvalue weighted by molar-refractivity contribution is 5.89. The highest BCUT2D eigenvalue weighted by Gasteiger charge is 2.11. The lowest BCUT2D eigenvalue weighted by molar-refractivity contribution is 0.249. The van der Waals surface area contributed by atoms with Crippen LogP contribution in [0, 0.1) is 6.92 Å². The van der Waals surface area contributed by atoms with Crippen LogP contribution >= 0.6 is 0 Å². The van der Waals surface area contributed by atoms with E-state index in [9.17, 15) is 9.59 Å². The van der Waals surface area contributed by atoms with Gasteiger partial charge in [-0.25, -0.2) is 4.79 Å². The van der Waals surface area contributed by atoms with Gasteiger partial charge in [-0.3, -0.25) is 9.89 Å². The second-order valence-corrected chi connectivity index (χ2v) is 5.08. The molecule has 7 heteroatoms. The number of H-pyrrole nitrogens is 1. The van der Waals surface area contributed by atoms with Crippen LogP contribution in [0.25, 0.3) is 0 Å². The smallest absolute Gasteiger partial charge is 0.319 e. The molecule has 0 spiro atoms. The summed E-state index contributed by atoms with van der Waals surface area (Å²) in [7, 11) is 1.63. The third-order valence-electron chi connectivity index (χ3n) is 3.02. The van der Waals surface area contributed by atoms with Gasteiger partial charge >= 0.3 is 6.03 Å². The van der Waals surface area contributed by atoms with Gasteiger partial charge in [-0.2, -0.15) is 5.10 Å². The molecule has 7 nitrogen and oxygen atoms in total. The van der Waals surface area contributed by atoms with Crippen molar-refractivity contribution in [1.29, 1.82) is 0 Å². The van der Waals surface area contributed by atoms with E-state index in [1.54, 1.807) is 25.4 Å². The van der Waals surface area contributed by atoms with E-state index in [1.807, 2.05) is 19.9 Å². The van der Waals surface area contributed by atoms with E-state index in [4.69, 9.17) is 0 Å². The molecule has 0 aromatic carbocycles. The van der Waals surface area contributed by atoms with Crippen LogP contribution in [0.5, 0.6) is 0 Å². The number of amides is 2. The van der Waals surface area contributed by atoms with E-state index in [2.05, 4.69) is 20.8 Å². The molecule has 2 rings (SSSR count). The van der Waals surface area contributed by atoms with Crippen LogP contribution in [0.2, 0.25) is 0 Å². The lowest BCUT2D eigenvalue weighted by atomic mass is 10.2. The van der Waals surface area contributed by atoms with Gasteiger partial charge in [0.05, 0.1) is 5.69 Å². The first-order valence-corrected chi connectivity index (χ1v) is 6.70. The van der Waals surface area contributed by atoms with Crippen LogP contribution in [0.3, 0.4) is 0 Å². The number of aromatic nitrogens is 3.